The van der Waals surface area contributed by atoms with Gasteiger partial charge in [-0.05, 0) is 22.9 Å². The van der Waals surface area contributed by atoms with E-state index in [-0.39, 0.29) is 0 Å². The van der Waals surface area contributed by atoms with Gasteiger partial charge in [0.05, 0.1) is 4.47 Å². The molecule has 0 aliphatic carbocycles. The van der Waals surface area contributed by atoms with Gasteiger partial charge in [-0.1, -0.05) is 0 Å². The predicted molar refractivity (Wildman–Crippen MR) is 73.4 cm³/mol. The summed E-state index contributed by atoms with van der Waals surface area (Å²) in [5.41, 5.74) is 0. The van der Waals surface area contributed by atoms with Crippen LogP contribution in [-0.2, 0) is 0 Å². The van der Waals surface area contributed by atoms with Crippen molar-refractivity contribution in [2.45, 2.75) is 6.92 Å². The number of rotatable bonds is 3. The highest BCUT2D eigenvalue weighted by atomic mass is 79.9. The van der Waals surface area contributed by atoms with E-state index in [1.54, 1.807) is 0 Å². The van der Waals surface area contributed by atoms with Gasteiger partial charge in [0.15, 0.2) is 0 Å². The Morgan fingerprint density at radius 3 is 2.94 bits per heavy atom. The molecule has 0 atom stereocenters. The minimum absolute atomic E-state index is 0.707. The summed E-state index contributed by atoms with van der Waals surface area (Å²) in [6.07, 6.45) is 1.82. The average Bonchev–Trinajstić information content (AvgIpc) is 2.33. The molecule has 16 heavy (non-hydrogen) atoms. The molecule has 0 spiro atoms. The lowest BCUT2D eigenvalue weighted by molar-refractivity contribution is 0.831. The Hall–Kier alpha value is -0.490. The van der Waals surface area contributed by atoms with E-state index in [0.717, 1.165) is 29.9 Å². The minimum Gasteiger partial charge on any atom is -0.354 e. The van der Waals surface area contributed by atoms with Crippen LogP contribution in [0.15, 0.2) is 10.7 Å². The van der Waals surface area contributed by atoms with Crippen molar-refractivity contribution in [3.8, 4) is 0 Å². The zero-order valence-electron chi connectivity index (χ0n) is 9.24. The highest BCUT2D eigenvalue weighted by molar-refractivity contribution is 9.10. The Morgan fingerprint density at radius 1 is 1.50 bits per heavy atom. The number of halogens is 1. The number of nitrogens with one attached hydrogen (secondary N) is 1. The quantitative estimate of drug-likeness (QED) is 0.927. The van der Waals surface area contributed by atoms with E-state index >= 15 is 0 Å². The van der Waals surface area contributed by atoms with E-state index in [2.05, 4.69) is 36.1 Å². The molecule has 88 valence electrons. The largest absolute Gasteiger partial charge is 0.354 e. The van der Waals surface area contributed by atoms with Gasteiger partial charge >= 0.3 is 0 Å². The molecule has 1 aliphatic heterocycles. The number of anilines is 2. The first-order chi connectivity index (χ1) is 7.81. The van der Waals surface area contributed by atoms with Gasteiger partial charge in [-0.15, -0.1) is 0 Å². The van der Waals surface area contributed by atoms with Crippen LogP contribution >= 0.6 is 27.7 Å². The molecule has 1 aromatic heterocycles. The lowest BCUT2D eigenvalue weighted by Gasteiger charge is -2.28. The maximum atomic E-state index is 4.53. The van der Waals surface area contributed by atoms with Crippen molar-refractivity contribution in [3.63, 3.8) is 0 Å². The molecule has 0 bridgehead atoms. The summed E-state index contributed by atoms with van der Waals surface area (Å²) in [5.74, 6) is 4.06. The molecule has 1 fully saturated rings. The van der Waals surface area contributed by atoms with E-state index in [1.807, 2.05) is 24.9 Å². The second-order valence-electron chi connectivity index (χ2n) is 3.49. The van der Waals surface area contributed by atoms with E-state index in [1.165, 1.54) is 11.5 Å². The monoisotopic (exact) mass is 302 g/mol. The third-order valence-electron chi connectivity index (χ3n) is 2.37. The zero-order valence-corrected chi connectivity index (χ0v) is 11.6. The van der Waals surface area contributed by atoms with Gasteiger partial charge in [-0.3, -0.25) is 0 Å². The summed E-state index contributed by atoms with van der Waals surface area (Å²) in [7, 11) is 0. The fourth-order valence-corrected chi connectivity index (χ4v) is 2.94. The maximum Gasteiger partial charge on any atom is 0.224 e. The summed E-state index contributed by atoms with van der Waals surface area (Å²) < 4.78 is 0.973. The summed E-state index contributed by atoms with van der Waals surface area (Å²) in [6, 6.07) is 0. The van der Waals surface area contributed by atoms with Crippen molar-refractivity contribution in [1.29, 1.82) is 0 Å². The van der Waals surface area contributed by atoms with Crippen LogP contribution in [0, 0.1) is 0 Å². The third kappa shape index (κ3) is 2.79. The van der Waals surface area contributed by atoms with Crippen LogP contribution in [0.1, 0.15) is 6.92 Å². The summed E-state index contributed by atoms with van der Waals surface area (Å²) in [5, 5.41) is 3.14. The van der Waals surface area contributed by atoms with Crippen molar-refractivity contribution in [1.82, 2.24) is 9.97 Å². The molecular formula is C10H15BrN4S. The van der Waals surface area contributed by atoms with Gasteiger partial charge in [0.25, 0.3) is 0 Å². The average molecular weight is 303 g/mol. The second kappa shape index (κ2) is 5.72. The molecule has 2 rings (SSSR count). The molecule has 0 saturated carbocycles. The minimum atomic E-state index is 0.707. The third-order valence-corrected chi connectivity index (χ3v) is 3.87. The van der Waals surface area contributed by atoms with Crippen molar-refractivity contribution in [2.75, 3.05) is 41.4 Å². The first kappa shape index (κ1) is 12.0. The number of nitrogens with zero attached hydrogens (tertiary/aromatic N) is 3. The Balaban J connectivity index is 2.19. The highest BCUT2D eigenvalue weighted by Gasteiger charge is 2.16. The van der Waals surface area contributed by atoms with Gasteiger partial charge in [0.2, 0.25) is 5.95 Å². The van der Waals surface area contributed by atoms with Crippen molar-refractivity contribution < 1.29 is 0 Å². The Morgan fingerprint density at radius 2 is 2.25 bits per heavy atom. The SMILES string of the molecule is CCNc1ncc(Br)c(N2CCSCC2)n1. The zero-order chi connectivity index (χ0) is 11.4. The molecule has 6 heteroatoms. The molecular weight excluding hydrogens is 288 g/mol. The van der Waals surface area contributed by atoms with Crippen LogP contribution in [0.5, 0.6) is 0 Å². The fraction of sp³-hybridized carbons (Fsp3) is 0.600. The number of hydrogen-bond acceptors (Lipinski definition) is 5. The summed E-state index contributed by atoms with van der Waals surface area (Å²) >= 11 is 5.51. The molecule has 0 amide bonds. The lowest BCUT2D eigenvalue weighted by atomic mass is 10.4. The van der Waals surface area contributed by atoms with Crippen LogP contribution in [0.4, 0.5) is 11.8 Å². The molecule has 1 aromatic rings. The van der Waals surface area contributed by atoms with Gasteiger partial charge < -0.3 is 10.2 Å². The fourth-order valence-electron chi connectivity index (χ4n) is 1.60. The molecule has 4 nitrogen and oxygen atoms in total. The molecule has 1 aliphatic rings. The smallest absolute Gasteiger partial charge is 0.224 e. The van der Waals surface area contributed by atoms with Crippen molar-refractivity contribution in [2.24, 2.45) is 0 Å². The normalized spacial score (nSPS) is 16.2. The molecule has 1 N–H and O–H groups in total. The molecule has 0 unspecified atom stereocenters. The van der Waals surface area contributed by atoms with Gasteiger partial charge in [0, 0.05) is 37.3 Å². The highest BCUT2D eigenvalue weighted by Crippen LogP contribution is 2.26. The second-order valence-corrected chi connectivity index (χ2v) is 5.57. The number of thioether (sulfide) groups is 1. The van der Waals surface area contributed by atoms with Crippen molar-refractivity contribution >= 4 is 39.5 Å². The van der Waals surface area contributed by atoms with Crippen LogP contribution in [0.3, 0.4) is 0 Å². The molecule has 0 aromatic carbocycles. The summed E-state index contributed by atoms with van der Waals surface area (Å²) in [4.78, 5) is 11.1. The Kier molecular flexibility index (Phi) is 4.29. The number of aromatic nitrogens is 2. The topological polar surface area (TPSA) is 41.1 Å². The molecule has 0 radical (unpaired) electrons. The van der Waals surface area contributed by atoms with Crippen LogP contribution in [0.2, 0.25) is 0 Å². The van der Waals surface area contributed by atoms with Crippen LogP contribution in [-0.4, -0.2) is 41.1 Å². The molecule has 1 saturated heterocycles. The first-order valence-corrected chi connectivity index (χ1v) is 7.35. The van der Waals surface area contributed by atoms with Crippen molar-refractivity contribution in [3.05, 3.63) is 10.7 Å². The standard InChI is InChI=1S/C10H15BrN4S/c1-2-12-10-13-7-8(11)9(14-10)15-3-5-16-6-4-15/h7H,2-6H2,1H3,(H,12,13,14). The molecule has 2 heterocycles. The van der Waals surface area contributed by atoms with E-state index in [4.69, 9.17) is 0 Å². The van der Waals surface area contributed by atoms with Crippen LogP contribution < -0.4 is 10.2 Å². The summed E-state index contributed by atoms with van der Waals surface area (Å²) in [6.45, 7) is 5.01. The Labute approximate surface area is 108 Å². The van der Waals surface area contributed by atoms with E-state index in [9.17, 15) is 0 Å². The van der Waals surface area contributed by atoms with Gasteiger partial charge in [0.1, 0.15) is 5.82 Å². The lowest BCUT2D eigenvalue weighted by Crippen LogP contribution is -2.33. The first-order valence-electron chi connectivity index (χ1n) is 5.40. The predicted octanol–water partition coefficient (Wildman–Crippen LogP) is 2.22. The maximum absolute atomic E-state index is 4.53. The Bertz CT molecular complexity index is 355. The van der Waals surface area contributed by atoms with Gasteiger partial charge in [-0.2, -0.15) is 16.7 Å². The van der Waals surface area contributed by atoms with Crippen LogP contribution in [0.25, 0.3) is 0 Å². The van der Waals surface area contributed by atoms with E-state index < -0.39 is 0 Å². The number of hydrogen-bond donors (Lipinski definition) is 1. The van der Waals surface area contributed by atoms with Gasteiger partial charge in [-0.25, -0.2) is 4.98 Å². The van der Waals surface area contributed by atoms with E-state index in [0.29, 0.717) is 5.95 Å².